The summed E-state index contributed by atoms with van der Waals surface area (Å²) in [4.78, 5) is 33.6. The number of carboxylic acids is 1. The molecular weight excluding hydrogens is 484 g/mol. The second kappa shape index (κ2) is 30.2. The van der Waals surface area contributed by atoms with Crippen molar-refractivity contribution in [1.82, 2.24) is 0 Å². The zero-order valence-corrected chi connectivity index (χ0v) is 24.5. The van der Waals surface area contributed by atoms with Crippen molar-refractivity contribution in [2.24, 2.45) is 0 Å². The molecule has 0 bridgehead atoms. The number of carbonyl (C=O) groups excluding carboxylic acids is 2. The van der Waals surface area contributed by atoms with Gasteiger partial charge in [0.1, 0.15) is 11.6 Å². The number of Topliss-reactive ketones (excluding diaryl/α,β-unsaturated/α-hetero) is 2. The lowest BCUT2D eigenvalue weighted by Gasteiger charge is -2.07. The van der Waals surface area contributed by atoms with Crippen molar-refractivity contribution in [2.45, 2.75) is 142 Å². The molecule has 0 spiro atoms. The Balaban J connectivity index is 3.18. The molecule has 0 rings (SSSR count). The molecule has 0 aliphatic heterocycles. The Bertz CT molecular complexity index is 550. The molecule has 7 heteroatoms. The Morgan fingerprint density at radius 1 is 0.421 bits per heavy atom. The average molecular weight is 543 g/mol. The highest BCUT2D eigenvalue weighted by Gasteiger charge is 2.03. The number of ketones is 2. The molecule has 7 nitrogen and oxygen atoms in total. The van der Waals surface area contributed by atoms with E-state index in [9.17, 15) is 14.4 Å². The lowest BCUT2D eigenvalue weighted by atomic mass is 10.0. The van der Waals surface area contributed by atoms with E-state index < -0.39 is 5.97 Å². The van der Waals surface area contributed by atoms with Gasteiger partial charge in [0.15, 0.2) is 0 Å². The maximum Gasteiger partial charge on any atom is 0.303 e. The van der Waals surface area contributed by atoms with E-state index in [0.717, 1.165) is 38.5 Å². The summed E-state index contributed by atoms with van der Waals surface area (Å²) in [6.45, 7) is 5.22. The monoisotopic (exact) mass is 542 g/mol. The van der Waals surface area contributed by atoms with Crippen molar-refractivity contribution < 1.29 is 33.7 Å². The van der Waals surface area contributed by atoms with Crippen molar-refractivity contribution >= 4 is 17.5 Å². The highest BCUT2D eigenvalue weighted by Crippen LogP contribution is 2.14. The fourth-order valence-electron chi connectivity index (χ4n) is 4.31. The minimum absolute atomic E-state index is 0.282. The van der Waals surface area contributed by atoms with E-state index in [1.807, 2.05) is 6.92 Å². The first-order chi connectivity index (χ1) is 18.6. The number of rotatable bonds is 32. The molecule has 0 unspecified atom stereocenters. The van der Waals surface area contributed by atoms with Crippen LogP contribution in [0.2, 0.25) is 0 Å². The number of aliphatic carboxylic acids is 1. The van der Waals surface area contributed by atoms with Crippen molar-refractivity contribution in [2.75, 3.05) is 39.6 Å². The lowest BCUT2D eigenvalue weighted by Crippen LogP contribution is -2.11. The molecule has 0 aliphatic rings. The maximum absolute atomic E-state index is 12.0. The Hall–Kier alpha value is -1.31. The lowest BCUT2D eigenvalue weighted by molar-refractivity contribution is -0.137. The SMILES string of the molecule is CCC(=O)CCCOCCOCCOCCCC(=O)CCCCCCCCCCCCCCCCC(=O)O. The molecular formula is C31H58O7. The third-order valence-electron chi connectivity index (χ3n) is 6.72. The highest BCUT2D eigenvalue weighted by molar-refractivity contribution is 5.78. The predicted molar refractivity (Wildman–Crippen MR) is 153 cm³/mol. The third kappa shape index (κ3) is 30.9. The minimum Gasteiger partial charge on any atom is -0.481 e. The van der Waals surface area contributed by atoms with Crippen molar-refractivity contribution in [3.8, 4) is 0 Å². The van der Waals surface area contributed by atoms with Gasteiger partial charge in [0.2, 0.25) is 0 Å². The topological polar surface area (TPSA) is 99.1 Å². The van der Waals surface area contributed by atoms with Gasteiger partial charge < -0.3 is 19.3 Å². The molecule has 0 atom stereocenters. The van der Waals surface area contributed by atoms with E-state index in [0.29, 0.717) is 77.5 Å². The summed E-state index contributed by atoms with van der Waals surface area (Å²) in [6.07, 6.45) is 21.2. The molecule has 0 saturated carbocycles. The summed E-state index contributed by atoms with van der Waals surface area (Å²) in [5.41, 5.74) is 0. The van der Waals surface area contributed by atoms with Gasteiger partial charge >= 0.3 is 5.97 Å². The third-order valence-corrected chi connectivity index (χ3v) is 6.72. The van der Waals surface area contributed by atoms with Crippen LogP contribution in [0.15, 0.2) is 0 Å². The number of hydrogen-bond donors (Lipinski definition) is 1. The van der Waals surface area contributed by atoms with Gasteiger partial charge in [-0.25, -0.2) is 0 Å². The first-order valence-corrected chi connectivity index (χ1v) is 15.5. The molecule has 0 aromatic heterocycles. The smallest absolute Gasteiger partial charge is 0.303 e. The van der Waals surface area contributed by atoms with Crippen LogP contribution in [-0.2, 0) is 28.6 Å². The van der Waals surface area contributed by atoms with Gasteiger partial charge in [0, 0.05) is 45.3 Å². The van der Waals surface area contributed by atoms with Gasteiger partial charge in [0.25, 0.3) is 0 Å². The Kier molecular flexibility index (Phi) is 29.2. The van der Waals surface area contributed by atoms with Crippen molar-refractivity contribution in [1.29, 1.82) is 0 Å². The molecule has 0 amide bonds. The van der Waals surface area contributed by atoms with Crippen LogP contribution in [0, 0.1) is 0 Å². The number of unbranched alkanes of at least 4 members (excludes halogenated alkanes) is 13. The second-order valence-corrected chi connectivity index (χ2v) is 10.3. The van der Waals surface area contributed by atoms with E-state index in [1.54, 1.807) is 0 Å². The normalized spacial score (nSPS) is 11.2. The van der Waals surface area contributed by atoms with Crippen LogP contribution in [0.3, 0.4) is 0 Å². The van der Waals surface area contributed by atoms with E-state index >= 15 is 0 Å². The summed E-state index contributed by atoms with van der Waals surface area (Å²) in [5, 5.41) is 8.61. The van der Waals surface area contributed by atoms with Gasteiger partial charge in [-0.2, -0.15) is 0 Å². The Morgan fingerprint density at radius 2 is 0.737 bits per heavy atom. The summed E-state index contributed by atoms with van der Waals surface area (Å²) in [7, 11) is 0. The quantitative estimate of drug-likeness (QED) is 0.0880. The minimum atomic E-state index is -0.678. The Morgan fingerprint density at radius 3 is 1.13 bits per heavy atom. The van der Waals surface area contributed by atoms with Crippen LogP contribution < -0.4 is 0 Å². The molecule has 224 valence electrons. The van der Waals surface area contributed by atoms with Crippen LogP contribution in [0.1, 0.15) is 142 Å². The summed E-state index contributed by atoms with van der Waals surface area (Å²) in [6, 6.07) is 0. The predicted octanol–water partition coefficient (Wildman–Crippen LogP) is 7.47. The summed E-state index contributed by atoms with van der Waals surface area (Å²) < 4.78 is 16.4. The zero-order chi connectivity index (χ0) is 27.9. The maximum atomic E-state index is 12.0. The van der Waals surface area contributed by atoms with E-state index in [-0.39, 0.29) is 5.78 Å². The average Bonchev–Trinajstić information content (AvgIpc) is 2.90. The van der Waals surface area contributed by atoms with Crippen LogP contribution >= 0.6 is 0 Å². The largest absolute Gasteiger partial charge is 0.481 e. The number of carboxylic acid groups (broad SMARTS) is 1. The summed E-state index contributed by atoms with van der Waals surface area (Å²) in [5.74, 6) is -0.0447. The van der Waals surface area contributed by atoms with E-state index in [4.69, 9.17) is 19.3 Å². The standard InChI is InChI=1S/C31H58O7/c1-2-29(32)20-17-23-36-25-27-38-28-26-37-24-18-21-30(33)19-15-13-11-9-7-5-3-4-6-8-10-12-14-16-22-31(34)35/h2-28H2,1H3,(H,34,35). The highest BCUT2D eigenvalue weighted by atomic mass is 16.5. The molecule has 0 aromatic rings. The van der Waals surface area contributed by atoms with Gasteiger partial charge in [-0.1, -0.05) is 84.0 Å². The molecule has 0 radical (unpaired) electrons. The van der Waals surface area contributed by atoms with E-state index in [2.05, 4.69) is 0 Å². The molecule has 1 N–H and O–H groups in total. The van der Waals surface area contributed by atoms with Crippen LogP contribution in [0.5, 0.6) is 0 Å². The van der Waals surface area contributed by atoms with E-state index in [1.165, 1.54) is 64.2 Å². The van der Waals surface area contributed by atoms with Crippen molar-refractivity contribution in [3.05, 3.63) is 0 Å². The van der Waals surface area contributed by atoms with Crippen LogP contribution in [0.4, 0.5) is 0 Å². The molecule has 0 heterocycles. The summed E-state index contributed by atoms with van der Waals surface area (Å²) >= 11 is 0. The molecule has 0 aliphatic carbocycles. The Labute approximate surface area is 232 Å². The van der Waals surface area contributed by atoms with Crippen LogP contribution in [-0.4, -0.2) is 62.3 Å². The fourth-order valence-corrected chi connectivity index (χ4v) is 4.31. The first-order valence-electron chi connectivity index (χ1n) is 15.5. The molecule has 0 saturated heterocycles. The second-order valence-electron chi connectivity index (χ2n) is 10.3. The molecule has 0 fully saturated rings. The van der Waals surface area contributed by atoms with Crippen LogP contribution in [0.25, 0.3) is 0 Å². The van der Waals surface area contributed by atoms with Gasteiger partial charge in [-0.15, -0.1) is 0 Å². The fraction of sp³-hybridized carbons (Fsp3) is 0.903. The zero-order valence-electron chi connectivity index (χ0n) is 24.5. The number of ether oxygens (including phenoxy) is 3. The molecule has 0 aromatic carbocycles. The van der Waals surface area contributed by atoms with Gasteiger partial charge in [0.05, 0.1) is 26.4 Å². The molecule has 38 heavy (non-hydrogen) atoms. The van der Waals surface area contributed by atoms with Crippen molar-refractivity contribution in [3.63, 3.8) is 0 Å². The van der Waals surface area contributed by atoms with Gasteiger partial charge in [-0.05, 0) is 25.7 Å². The number of hydrogen-bond acceptors (Lipinski definition) is 6. The number of carbonyl (C=O) groups is 3. The first kappa shape index (κ1) is 36.7. The van der Waals surface area contributed by atoms with Gasteiger partial charge in [-0.3, -0.25) is 14.4 Å².